The smallest absolute Gasteiger partial charge is 0.123 e. The Kier molecular flexibility index (Phi) is 6.75. The van der Waals surface area contributed by atoms with E-state index in [0.717, 1.165) is 24.8 Å². The van der Waals surface area contributed by atoms with Crippen molar-refractivity contribution in [2.45, 2.75) is 32.8 Å². The highest BCUT2D eigenvalue weighted by Crippen LogP contribution is 2.16. The molecule has 0 heterocycles. The van der Waals surface area contributed by atoms with Gasteiger partial charge in [0.05, 0.1) is 6.10 Å². The molecule has 0 aliphatic carbocycles. The third kappa shape index (κ3) is 6.18. The highest BCUT2D eigenvalue weighted by Gasteiger charge is 2.09. The molecule has 1 rings (SSSR count). The number of hydrogen-bond donors (Lipinski definition) is 0. The van der Waals surface area contributed by atoms with Crippen LogP contribution in [0.2, 0.25) is 0 Å². The molecule has 1 aromatic carbocycles. The molecule has 0 fully saturated rings. The third-order valence-corrected chi connectivity index (χ3v) is 3.55. The Labute approximate surface area is 111 Å². The van der Waals surface area contributed by atoms with Crippen molar-refractivity contribution in [3.05, 3.63) is 35.6 Å². The summed E-state index contributed by atoms with van der Waals surface area (Å²) in [6.45, 7) is 4.88. The minimum Gasteiger partial charge on any atom is -0.379 e. The van der Waals surface area contributed by atoms with Crippen LogP contribution in [0, 0.1) is 11.7 Å². The average Bonchev–Trinajstić information content (AvgIpc) is 2.30. The van der Waals surface area contributed by atoms with Crippen LogP contribution >= 0.6 is 15.9 Å². The van der Waals surface area contributed by atoms with E-state index in [1.54, 1.807) is 0 Å². The van der Waals surface area contributed by atoms with Gasteiger partial charge in [-0.05, 0) is 50.3 Å². The van der Waals surface area contributed by atoms with Crippen LogP contribution in [0.5, 0.6) is 0 Å². The summed E-state index contributed by atoms with van der Waals surface area (Å²) >= 11 is 3.53. The van der Waals surface area contributed by atoms with E-state index in [2.05, 4.69) is 15.9 Å². The second kappa shape index (κ2) is 7.83. The normalized spacial score (nSPS) is 13.0. The second-order valence-electron chi connectivity index (χ2n) is 4.56. The molecule has 0 aromatic heterocycles. The molecule has 0 spiro atoms. The van der Waals surface area contributed by atoms with Crippen LogP contribution in [0.4, 0.5) is 4.39 Å². The van der Waals surface area contributed by atoms with E-state index >= 15 is 0 Å². The molecule has 0 radical (unpaired) electrons. The molecule has 17 heavy (non-hydrogen) atoms. The summed E-state index contributed by atoms with van der Waals surface area (Å²) in [6, 6.07) is 6.75. The molecule has 0 saturated carbocycles. The molecule has 0 saturated heterocycles. The predicted molar refractivity (Wildman–Crippen MR) is 73.1 cm³/mol. The summed E-state index contributed by atoms with van der Waals surface area (Å²) in [6.07, 6.45) is 2.28. The summed E-state index contributed by atoms with van der Waals surface area (Å²) < 4.78 is 18.3. The quantitative estimate of drug-likeness (QED) is 0.686. The van der Waals surface area contributed by atoms with Crippen LogP contribution in [-0.2, 0) is 11.2 Å². The largest absolute Gasteiger partial charge is 0.379 e. The Hall–Kier alpha value is -0.410. The number of alkyl halides is 1. The SMILES string of the molecule is CC(C)OCCC(CBr)Cc1ccc(F)cc1. The maximum Gasteiger partial charge on any atom is 0.123 e. The van der Waals surface area contributed by atoms with Gasteiger partial charge in [0.2, 0.25) is 0 Å². The van der Waals surface area contributed by atoms with Gasteiger partial charge in [-0.25, -0.2) is 4.39 Å². The molecule has 0 aliphatic heterocycles. The monoisotopic (exact) mass is 302 g/mol. The second-order valence-corrected chi connectivity index (χ2v) is 5.21. The zero-order valence-corrected chi connectivity index (χ0v) is 12.0. The Morgan fingerprint density at radius 1 is 1.24 bits per heavy atom. The van der Waals surface area contributed by atoms with Gasteiger partial charge >= 0.3 is 0 Å². The standard InChI is InChI=1S/C14H20BrFO/c1-11(2)17-8-7-13(10-15)9-12-3-5-14(16)6-4-12/h3-6,11,13H,7-10H2,1-2H3. The first kappa shape index (κ1) is 14.7. The highest BCUT2D eigenvalue weighted by molar-refractivity contribution is 9.09. The van der Waals surface area contributed by atoms with Crippen LogP contribution in [0.1, 0.15) is 25.8 Å². The van der Waals surface area contributed by atoms with E-state index in [1.165, 1.54) is 17.7 Å². The topological polar surface area (TPSA) is 9.23 Å². The minimum atomic E-state index is -0.174. The van der Waals surface area contributed by atoms with Crippen LogP contribution in [0.15, 0.2) is 24.3 Å². The summed E-state index contributed by atoms with van der Waals surface area (Å²) in [4.78, 5) is 0. The number of halogens is 2. The van der Waals surface area contributed by atoms with Gasteiger partial charge in [0.25, 0.3) is 0 Å². The molecule has 1 unspecified atom stereocenters. The summed E-state index contributed by atoms with van der Waals surface area (Å²) in [7, 11) is 0. The average molecular weight is 303 g/mol. The zero-order chi connectivity index (χ0) is 12.7. The maximum absolute atomic E-state index is 12.8. The van der Waals surface area contributed by atoms with E-state index in [4.69, 9.17) is 4.74 Å². The maximum atomic E-state index is 12.8. The molecule has 1 aromatic rings. The van der Waals surface area contributed by atoms with Crippen molar-refractivity contribution >= 4 is 15.9 Å². The molecule has 0 aliphatic rings. The zero-order valence-electron chi connectivity index (χ0n) is 10.5. The van der Waals surface area contributed by atoms with E-state index in [-0.39, 0.29) is 11.9 Å². The lowest BCUT2D eigenvalue weighted by Gasteiger charge is -2.15. The fourth-order valence-corrected chi connectivity index (χ4v) is 2.21. The molecule has 1 atom stereocenters. The lowest BCUT2D eigenvalue weighted by Crippen LogP contribution is -2.12. The summed E-state index contributed by atoms with van der Waals surface area (Å²) in [5.41, 5.74) is 1.18. The van der Waals surface area contributed by atoms with Gasteiger partial charge in [-0.3, -0.25) is 0 Å². The Balaban J connectivity index is 2.38. The van der Waals surface area contributed by atoms with Crippen molar-refractivity contribution in [3.8, 4) is 0 Å². The van der Waals surface area contributed by atoms with Gasteiger partial charge in [-0.1, -0.05) is 28.1 Å². The minimum absolute atomic E-state index is 0.174. The Morgan fingerprint density at radius 2 is 1.88 bits per heavy atom. The van der Waals surface area contributed by atoms with E-state index < -0.39 is 0 Å². The Morgan fingerprint density at radius 3 is 2.41 bits per heavy atom. The summed E-state index contributed by atoms with van der Waals surface area (Å²) in [5.74, 6) is 0.367. The molecule has 96 valence electrons. The highest BCUT2D eigenvalue weighted by atomic mass is 79.9. The van der Waals surface area contributed by atoms with Crippen LogP contribution in [-0.4, -0.2) is 18.0 Å². The van der Waals surface area contributed by atoms with E-state index in [9.17, 15) is 4.39 Å². The lowest BCUT2D eigenvalue weighted by molar-refractivity contribution is 0.0701. The van der Waals surface area contributed by atoms with Crippen LogP contribution in [0.25, 0.3) is 0 Å². The van der Waals surface area contributed by atoms with Gasteiger partial charge in [0.15, 0.2) is 0 Å². The van der Waals surface area contributed by atoms with Gasteiger partial charge in [0.1, 0.15) is 5.82 Å². The molecule has 0 bridgehead atoms. The van der Waals surface area contributed by atoms with Gasteiger partial charge in [0, 0.05) is 11.9 Å². The van der Waals surface area contributed by atoms with Crippen molar-refractivity contribution in [1.82, 2.24) is 0 Å². The lowest BCUT2D eigenvalue weighted by atomic mass is 9.98. The first-order valence-electron chi connectivity index (χ1n) is 6.03. The molecule has 1 nitrogen and oxygen atoms in total. The number of ether oxygens (including phenoxy) is 1. The fourth-order valence-electron chi connectivity index (χ4n) is 1.66. The first-order valence-corrected chi connectivity index (χ1v) is 7.16. The van der Waals surface area contributed by atoms with Crippen molar-refractivity contribution in [2.24, 2.45) is 5.92 Å². The molecule has 0 N–H and O–H groups in total. The van der Waals surface area contributed by atoms with Gasteiger partial charge in [-0.15, -0.1) is 0 Å². The van der Waals surface area contributed by atoms with Gasteiger partial charge in [-0.2, -0.15) is 0 Å². The number of hydrogen-bond acceptors (Lipinski definition) is 1. The predicted octanol–water partition coefficient (Wildman–Crippen LogP) is 4.19. The first-order chi connectivity index (χ1) is 8.11. The van der Waals surface area contributed by atoms with E-state index in [1.807, 2.05) is 26.0 Å². The molecule has 3 heteroatoms. The fraction of sp³-hybridized carbons (Fsp3) is 0.571. The summed E-state index contributed by atoms with van der Waals surface area (Å²) in [5, 5.41) is 0.950. The molecular formula is C14H20BrFO. The molecule has 0 amide bonds. The van der Waals surface area contributed by atoms with Crippen molar-refractivity contribution in [2.75, 3.05) is 11.9 Å². The van der Waals surface area contributed by atoms with Crippen molar-refractivity contribution in [1.29, 1.82) is 0 Å². The van der Waals surface area contributed by atoms with E-state index in [0.29, 0.717) is 5.92 Å². The van der Waals surface area contributed by atoms with Gasteiger partial charge < -0.3 is 4.74 Å². The van der Waals surface area contributed by atoms with Crippen molar-refractivity contribution in [3.63, 3.8) is 0 Å². The molecular weight excluding hydrogens is 283 g/mol. The van der Waals surface area contributed by atoms with Crippen LogP contribution in [0.3, 0.4) is 0 Å². The third-order valence-electron chi connectivity index (χ3n) is 2.63. The number of benzene rings is 1. The number of rotatable bonds is 7. The Bertz CT molecular complexity index is 311. The van der Waals surface area contributed by atoms with Crippen LogP contribution < -0.4 is 0 Å². The van der Waals surface area contributed by atoms with Crippen molar-refractivity contribution < 1.29 is 9.13 Å².